The van der Waals surface area contributed by atoms with Gasteiger partial charge in [0, 0.05) is 6.04 Å². The molecule has 1 aliphatic rings. The Morgan fingerprint density at radius 1 is 1.17 bits per heavy atom. The molecule has 1 amide bonds. The van der Waals surface area contributed by atoms with Crippen LogP contribution in [0, 0.1) is 23.1 Å². The van der Waals surface area contributed by atoms with Gasteiger partial charge in [-0.15, -0.1) is 0 Å². The minimum atomic E-state index is -3.87. The topological polar surface area (TPSA) is 90.3 Å². The van der Waals surface area contributed by atoms with Crippen molar-refractivity contribution in [1.29, 1.82) is 5.26 Å². The number of rotatable bonds is 8. The van der Waals surface area contributed by atoms with Gasteiger partial charge in [0.2, 0.25) is 15.9 Å². The lowest BCUT2D eigenvalue weighted by molar-refractivity contribution is -0.122. The van der Waals surface area contributed by atoms with E-state index >= 15 is 0 Å². The second kappa shape index (κ2) is 8.94. The third-order valence-corrected chi connectivity index (χ3v) is 6.97. The number of benzene rings is 2. The summed E-state index contributed by atoms with van der Waals surface area (Å²) in [5, 5.41) is 11.8. The van der Waals surface area contributed by atoms with Gasteiger partial charge in [-0.25, -0.2) is 12.8 Å². The quantitative estimate of drug-likeness (QED) is 0.697. The van der Waals surface area contributed by atoms with E-state index in [1.54, 1.807) is 12.1 Å². The van der Waals surface area contributed by atoms with Crippen molar-refractivity contribution >= 4 is 15.9 Å². The average Bonchev–Trinajstić information content (AvgIpc) is 3.56. The molecule has 1 saturated carbocycles. The van der Waals surface area contributed by atoms with Gasteiger partial charge >= 0.3 is 0 Å². The predicted molar refractivity (Wildman–Crippen MR) is 110 cm³/mol. The molecule has 1 N–H and O–H groups in total. The second-order valence-corrected chi connectivity index (χ2v) is 9.65. The van der Waals surface area contributed by atoms with Crippen LogP contribution < -0.4 is 5.32 Å². The van der Waals surface area contributed by atoms with Gasteiger partial charge in [0.25, 0.3) is 0 Å². The van der Waals surface area contributed by atoms with Crippen molar-refractivity contribution in [3.05, 3.63) is 65.5 Å². The molecular formula is C22H24FN3O3S. The fourth-order valence-corrected chi connectivity index (χ4v) is 4.92. The molecule has 0 spiro atoms. The largest absolute Gasteiger partial charge is 0.348 e. The first-order chi connectivity index (χ1) is 14.2. The van der Waals surface area contributed by atoms with E-state index in [2.05, 4.69) is 5.32 Å². The molecule has 0 radical (unpaired) electrons. The fourth-order valence-electron chi connectivity index (χ4n) is 3.28. The van der Waals surface area contributed by atoms with Crippen LogP contribution in [0.25, 0.3) is 0 Å². The highest BCUT2D eigenvalue weighted by Crippen LogP contribution is 2.32. The number of halogens is 1. The zero-order chi connectivity index (χ0) is 21.9. The summed E-state index contributed by atoms with van der Waals surface area (Å²) in [6, 6.07) is 13.0. The molecule has 30 heavy (non-hydrogen) atoms. The Balaban J connectivity index is 1.77. The standard InChI is InChI=1S/C22H24FN3O3S/c1-15(2)22(17-5-7-18(23)8-6-17)25-21(27)14-26(19-9-10-19)30(28,29)20-11-3-16(13-24)4-12-20/h3-8,11-12,15,19,22H,9-10,14H2,1-2H3,(H,25,27). The summed E-state index contributed by atoms with van der Waals surface area (Å²) >= 11 is 0. The number of hydrogen-bond acceptors (Lipinski definition) is 4. The summed E-state index contributed by atoms with van der Waals surface area (Å²) in [7, 11) is -3.87. The molecule has 0 saturated heterocycles. The van der Waals surface area contributed by atoms with E-state index in [4.69, 9.17) is 5.26 Å². The van der Waals surface area contributed by atoms with Crippen molar-refractivity contribution < 1.29 is 17.6 Å². The number of nitrogens with one attached hydrogen (secondary N) is 1. The van der Waals surface area contributed by atoms with Crippen molar-refractivity contribution in [2.75, 3.05) is 6.54 Å². The lowest BCUT2D eigenvalue weighted by Crippen LogP contribution is -2.43. The molecule has 0 aliphatic heterocycles. The SMILES string of the molecule is CC(C)C(NC(=O)CN(C1CC1)S(=O)(=O)c1ccc(C#N)cc1)c1ccc(F)cc1. The summed E-state index contributed by atoms with van der Waals surface area (Å²) in [5.41, 5.74) is 1.12. The average molecular weight is 430 g/mol. The van der Waals surface area contributed by atoms with Gasteiger partial charge in [0.15, 0.2) is 0 Å². The molecule has 3 rings (SSSR count). The van der Waals surface area contributed by atoms with Gasteiger partial charge in [0.05, 0.1) is 29.1 Å². The molecule has 1 atom stereocenters. The number of sulfonamides is 1. The number of hydrogen-bond donors (Lipinski definition) is 1. The van der Waals surface area contributed by atoms with Gasteiger partial charge in [-0.2, -0.15) is 9.57 Å². The van der Waals surface area contributed by atoms with E-state index in [0.29, 0.717) is 18.4 Å². The molecule has 0 bridgehead atoms. The molecule has 1 aliphatic carbocycles. The maximum Gasteiger partial charge on any atom is 0.243 e. The van der Waals surface area contributed by atoms with Crippen molar-refractivity contribution in [1.82, 2.24) is 9.62 Å². The fraction of sp³-hybridized carbons (Fsp3) is 0.364. The number of amides is 1. The first kappa shape index (κ1) is 21.9. The normalized spacial score (nSPS) is 15.1. The summed E-state index contributed by atoms with van der Waals surface area (Å²) in [6.45, 7) is 3.57. The van der Waals surface area contributed by atoms with Crippen LogP contribution in [0.3, 0.4) is 0 Å². The van der Waals surface area contributed by atoms with Gasteiger partial charge in [-0.1, -0.05) is 26.0 Å². The smallest absolute Gasteiger partial charge is 0.243 e. The van der Waals surface area contributed by atoms with Crippen LogP contribution in [0.5, 0.6) is 0 Å². The van der Waals surface area contributed by atoms with Crippen LogP contribution in [-0.4, -0.2) is 31.2 Å². The molecule has 0 aromatic heterocycles. The van der Waals surface area contributed by atoms with E-state index < -0.39 is 15.9 Å². The van der Waals surface area contributed by atoms with Crippen LogP contribution >= 0.6 is 0 Å². The Labute approximate surface area is 176 Å². The van der Waals surface area contributed by atoms with Crippen LogP contribution in [0.15, 0.2) is 53.4 Å². The molecule has 0 heterocycles. The lowest BCUT2D eigenvalue weighted by Gasteiger charge is -2.26. The van der Waals surface area contributed by atoms with Crippen LogP contribution in [0.2, 0.25) is 0 Å². The molecule has 1 unspecified atom stereocenters. The molecule has 1 fully saturated rings. The van der Waals surface area contributed by atoms with E-state index in [9.17, 15) is 17.6 Å². The predicted octanol–water partition coefficient (Wildman–Crippen LogP) is 3.36. The first-order valence-electron chi connectivity index (χ1n) is 9.79. The van der Waals surface area contributed by atoms with Crippen molar-refractivity contribution in [2.24, 2.45) is 5.92 Å². The summed E-state index contributed by atoms with van der Waals surface area (Å²) in [5.74, 6) is -0.743. The lowest BCUT2D eigenvalue weighted by atomic mass is 9.96. The Morgan fingerprint density at radius 2 is 1.77 bits per heavy atom. The second-order valence-electron chi connectivity index (χ2n) is 7.76. The van der Waals surface area contributed by atoms with Crippen LogP contribution in [-0.2, 0) is 14.8 Å². The van der Waals surface area contributed by atoms with Gasteiger partial charge < -0.3 is 5.32 Å². The minimum Gasteiger partial charge on any atom is -0.348 e. The van der Waals surface area contributed by atoms with Crippen molar-refractivity contribution in [2.45, 2.75) is 43.7 Å². The monoisotopic (exact) mass is 429 g/mol. The third-order valence-electron chi connectivity index (χ3n) is 5.06. The number of nitrogens with zero attached hydrogens (tertiary/aromatic N) is 2. The molecule has 6 nitrogen and oxygen atoms in total. The number of carbonyl (C=O) groups excluding carboxylic acids is 1. The van der Waals surface area contributed by atoms with Crippen LogP contribution in [0.4, 0.5) is 4.39 Å². The highest BCUT2D eigenvalue weighted by atomic mass is 32.2. The van der Waals surface area contributed by atoms with E-state index in [1.165, 1.54) is 40.7 Å². The maximum atomic E-state index is 13.2. The Hall–Kier alpha value is -2.76. The molecule has 2 aromatic carbocycles. The third kappa shape index (κ3) is 5.04. The summed E-state index contributed by atoms with van der Waals surface area (Å²) < 4.78 is 40.7. The number of carbonyl (C=O) groups is 1. The molecule has 158 valence electrons. The van der Waals surface area contributed by atoms with Crippen molar-refractivity contribution in [3.8, 4) is 6.07 Å². The highest BCUT2D eigenvalue weighted by molar-refractivity contribution is 7.89. The van der Waals surface area contributed by atoms with Gasteiger partial charge in [-0.05, 0) is 60.7 Å². The first-order valence-corrected chi connectivity index (χ1v) is 11.2. The molecule has 2 aromatic rings. The zero-order valence-electron chi connectivity index (χ0n) is 16.9. The van der Waals surface area contributed by atoms with Gasteiger partial charge in [-0.3, -0.25) is 4.79 Å². The number of nitriles is 1. The Bertz CT molecular complexity index is 1040. The maximum absolute atomic E-state index is 13.2. The van der Waals surface area contributed by atoms with E-state index in [1.807, 2.05) is 19.9 Å². The van der Waals surface area contributed by atoms with Crippen LogP contribution in [0.1, 0.15) is 43.9 Å². The Kier molecular flexibility index (Phi) is 6.54. The Morgan fingerprint density at radius 3 is 2.27 bits per heavy atom. The molecule has 8 heteroatoms. The van der Waals surface area contributed by atoms with Gasteiger partial charge in [0.1, 0.15) is 5.82 Å². The van der Waals surface area contributed by atoms with Crippen molar-refractivity contribution in [3.63, 3.8) is 0 Å². The summed E-state index contributed by atoms with van der Waals surface area (Å²) in [4.78, 5) is 12.8. The zero-order valence-corrected chi connectivity index (χ0v) is 17.7. The highest BCUT2D eigenvalue weighted by Gasteiger charge is 2.39. The van der Waals surface area contributed by atoms with E-state index in [-0.39, 0.29) is 35.3 Å². The summed E-state index contributed by atoms with van der Waals surface area (Å²) in [6.07, 6.45) is 1.41. The molecular weight excluding hydrogens is 405 g/mol. The van der Waals surface area contributed by atoms with E-state index in [0.717, 1.165) is 5.56 Å². The minimum absolute atomic E-state index is 0.0314.